The summed E-state index contributed by atoms with van der Waals surface area (Å²) in [6.07, 6.45) is 1.45. The quantitative estimate of drug-likeness (QED) is 0.856. The average Bonchev–Trinajstić information content (AvgIpc) is 2.37. The fraction of sp³-hybridized carbons (Fsp3) is 0.500. The molecule has 1 saturated heterocycles. The summed E-state index contributed by atoms with van der Waals surface area (Å²) in [7, 11) is -0.985. The van der Waals surface area contributed by atoms with E-state index < -0.39 is 10.8 Å². The maximum atomic E-state index is 12.0. The lowest BCUT2D eigenvalue weighted by atomic mass is 10.4. The molecule has 0 aromatic heterocycles. The summed E-state index contributed by atoms with van der Waals surface area (Å²) in [5, 5.41) is 0. The first-order valence-electron chi connectivity index (χ1n) is 5.63. The van der Waals surface area contributed by atoms with Crippen molar-refractivity contribution in [3.05, 3.63) is 28.7 Å². The fourth-order valence-electron chi connectivity index (χ4n) is 1.63. The normalized spacial score (nSPS) is 19.1. The molecule has 17 heavy (non-hydrogen) atoms. The number of hydrogen-bond donors (Lipinski definition) is 0. The number of halogens is 1. The zero-order valence-corrected chi connectivity index (χ0v) is 11.8. The van der Waals surface area contributed by atoms with E-state index >= 15 is 0 Å². The van der Waals surface area contributed by atoms with Gasteiger partial charge in [-0.2, -0.15) is 0 Å². The van der Waals surface area contributed by atoms with Gasteiger partial charge in [0.25, 0.3) is 0 Å². The molecule has 1 aromatic carbocycles. The maximum Gasteiger partial charge on any atom is 0.158 e. The third-order valence-electron chi connectivity index (χ3n) is 2.49. The standard InChI is InChI=1S/C12H15BrO3S/c13-10-3-1-4-11(9-10)17(14)8-5-12-15-6-2-7-16-12/h1,3-4,9,12H,2,5-8H2. The van der Waals surface area contributed by atoms with E-state index in [1.165, 1.54) is 0 Å². The van der Waals surface area contributed by atoms with Crippen LogP contribution in [-0.4, -0.2) is 29.5 Å². The average molecular weight is 319 g/mol. The van der Waals surface area contributed by atoms with Crippen molar-refractivity contribution in [2.45, 2.75) is 24.0 Å². The molecule has 0 aliphatic carbocycles. The molecule has 1 atom stereocenters. The van der Waals surface area contributed by atoms with E-state index in [4.69, 9.17) is 9.47 Å². The Labute approximate surface area is 112 Å². The van der Waals surface area contributed by atoms with Crippen molar-refractivity contribution in [3.63, 3.8) is 0 Å². The van der Waals surface area contributed by atoms with Gasteiger partial charge in [-0.1, -0.05) is 22.0 Å². The van der Waals surface area contributed by atoms with E-state index in [0.717, 1.165) is 29.0 Å². The van der Waals surface area contributed by atoms with Crippen LogP contribution in [0.3, 0.4) is 0 Å². The smallest absolute Gasteiger partial charge is 0.158 e. The molecule has 1 fully saturated rings. The van der Waals surface area contributed by atoms with E-state index in [9.17, 15) is 4.21 Å². The Hall–Kier alpha value is -0.230. The van der Waals surface area contributed by atoms with Gasteiger partial charge in [-0.15, -0.1) is 0 Å². The van der Waals surface area contributed by atoms with Gasteiger partial charge in [0, 0.05) is 21.5 Å². The van der Waals surface area contributed by atoms with Crippen molar-refractivity contribution in [3.8, 4) is 0 Å². The van der Waals surface area contributed by atoms with Crippen LogP contribution in [0.25, 0.3) is 0 Å². The summed E-state index contributed by atoms with van der Waals surface area (Å²) in [6, 6.07) is 7.58. The molecule has 1 heterocycles. The van der Waals surface area contributed by atoms with Crippen LogP contribution in [0.1, 0.15) is 12.8 Å². The minimum atomic E-state index is -0.985. The van der Waals surface area contributed by atoms with Gasteiger partial charge in [0.1, 0.15) is 0 Å². The molecule has 1 unspecified atom stereocenters. The molecule has 0 N–H and O–H groups in total. The minimum Gasteiger partial charge on any atom is -0.353 e. The van der Waals surface area contributed by atoms with Crippen LogP contribution >= 0.6 is 15.9 Å². The number of benzene rings is 1. The molecule has 1 aromatic rings. The van der Waals surface area contributed by atoms with Gasteiger partial charge in [0.05, 0.1) is 24.0 Å². The molecule has 1 aliphatic heterocycles. The second kappa shape index (κ2) is 6.64. The van der Waals surface area contributed by atoms with Crippen molar-refractivity contribution < 1.29 is 13.7 Å². The van der Waals surface area contributed by atoms with Crippen molar-refractivity contribution in [1.82, 2.24) is 0 Å². The van der Waals surface area contributed by atoms with Gasteiger partial charge >= 0.3 is 0 Å². The van der Waals surface area contributed by atoms with Crippen molar-refractivity contribution in [2.75, 3.05) is 19.0 Å². The number of rotatable bonds is 4. The van der Waals surface area contributed by atoms with Crippen LogP contribution < -0.4 is 0 Å². The fourth-order valence-corrected chi connectivity index (χ4v) is 3.31. The van der Waals surface area contributed by atoms with Gasteiger partial charge in [0.2, 0.25) is 0 Å². The third kappa shape index (κ3) is 4.17. The molecular formula is C12H15BrO3S. The predicted molar refractivity (Wildman–Crippen MR) is 70.3 cm³/mol. The first-order chi connectivity index (χ1) is 8.25. The lowest BCUT2D eigenvalue weighted by Crippen LogP contribution is -2.26. The lowest BCUT2D eigenvalue weighted by molar-refractivity contribution is -0.178. The summed E-state index contributed by atoms with van der Waals surface area (Å²) in [5.74, 6) is 0.571. The zero-order valence-electron chi connectivity index (χ0n) is 9.43. The Bertz CT molecular complexity index is 391. The van der Waals surface area contributed by atoms with Crippen molar-refractivity contribution in [1.29, 1.82) is 0 Å². The third-order valence-corrected chi connectivity index (χ3v) is 4.37. The van der Waals surface area contributed by atoms with E-state index in [1.54, 1.807) is 0 Å². The highest BCUT2D eigenvalue weighted by Crippen LogP contribution is 2.16. The molecule has 5 heteroatoms. The predicted octanol–water partition coefficient (Wildman–Crippen LogP) is 2.71. The molecule has 94 valence electrons. The minimum absolute atomic E-state index is 0.181. The van der Waals surface area contributed by atoms with Crippen LogP contribution in [0.5, 0.6) is 0 Å². The van der Waals surface area contributed by atoms with E-state index in [2.05, 4.69) is 15.9 Å². The second-order valence-electron chi connectivity index (χ2n) is 3.82. The molecule has 2 rings (SSSR count). The Morgan fingerprint density at radius 2 is 2.12 bits per heavy atom. The van der Waals surface area contributed by atoms with Gasteiger partial charge in [-0.25, -0.2) is 0 Å². The molecule has 0 saturated carbocycles. The Morgan fingerprint density at radius 3 is 2.82 bits per heavy atom. The highest BCUT2D eigenvalue weighted by atomic mass is 79.9. The van der Waals surface area contributed by atoms with Gasteiger partial charge in [-0.05, 0) is 24.6 Å². The SMILES string of the molecule is O=S(CCC1OCCCO1)c1cccc(Br)c1. The van der Waals surface area contributed by atoms with Crippen molar-refractivity contribution in [2.24, 2.45) is 0 Å². The topological polar surface area (TPSA) is 35.5 Å². The molecule has 0 bridgehead atoms. The summed E-state index contributed by atoms with van der Waals surface area (Å²) in [6.45, 7) is 1.49. The van der Waals surface area contributed by atoms with E-state index in [-0.39, 0.29) is 6.29 Å². The molecule has 0 spiro atoms. The van der Waals surface area contributed by atoms with Gasteiger partial charge in [-0.3, -0.25) is 4.21 Å². The molecule has 3 nitrogen and oxygen atoms in total. The second-order valence-corrected chi connectivity index (χ2v) is 6.31. The molecule has 1 aliphatic rings. The Balaban J connectivity index is 1.84. The van der Waals surface area contributed by atoms with Crippen LogP contribution in [0.4, 0.5) is 0 Å². The largest absolute Gasteiger partial charge is 0.353 e. The maximum absolute atomic E-state index is 12.0. The monoisotopic (exact) mass is 318 g/mol. The number of ether oxygens (including phenoxy) is 2. The first kappa shape index (κ1) is 13.2. The van der Waals surface area contributed by atoms with Crippen LogP contribution in [0.15, 0.2) is 33.6 Å². The summed E-state index contributed by atoms with van der Waals surface area (Å²) in [5.41, 5.74) is 0. The molecule has 0 amide bonds. The summed E-state index contributed by atoms with van der Waals surface area (Å²) >= 11 is 3.37. The molecular weight excluding hydrogens is 304 g/mol. The highest BCUT2D eigenvalue weighted by Gasteiger charge is 2.15. The Kier molecular flexibility index (Phi) is 5.16. The van der Waals surface area contributed by atoms with Crippen LogP contribution in [0.2, 0.25) is 0 Å². The highest BCUT2D eigenvalue weighted by molar-refractivity contribution is 9.10. The van der Waals surface area contributed by atoms with E-state index in [1.807, 2.05) is 24.3 Å². The van der Waals surface area contributed by atoms with E-state index in [0.29, 0.717) is 12.2 Å². The summed E-state index contributed by atoms with van der Waals surface area (Å²) < 4.78 is 23.8. The van der Waals surface area contributed by atoms with Crippen LogP contribution in [-0.2, 0) is 20.3 Å². The molecule has 0 radical (unpaired) electrons. The first-order valence-corrected chi connectivity index (χ1v) is 7.74. The lowest BCUT2D eigenvalue weighted by Gasteiger charge is -2.22. The van der Waals surface area contributed by atoms with Crippen LogP contribution in [0, 0.1) is 0 Å². The number of hydrogen-bond acceptors (Lipinski definition) is 3. The Morgan fingerprint density at radius 1 is 1.35 bits per heavy atom. The van der Waals surface area contributed by atoms with Gasteiger partial charge in [0.15, 0.2) is 6.29 Å². The van der Waals surface area contributed by atoms with Crippen molar-refractivity contribution >= 4 is 26.7 Å². The van der Waals surface area contributed by atoms with Gasteiger partial charge < -0.3 is 9.47 Å². The zero-order chi connectivity index (χ0) is 12.1. The summed E-state index contributed by atoms with van der Waals surface area (Å²) in [4.78, 5) is 0.843.